The molecule has 4 heteroatoms. The molecule has 0 saturated carbocycles. The fraction of sp³-hybridized carbons (Fsp3) is 1.00. The highest BCUT2D eigenvalue weighted by Crippen LogP contribution is 2.35. The Morgan fingerprint density at radius 2 is 2.25 bits per heavy atom. The van der Waals surface area contributed by atoms with E-state index in [1.807, 2.05) is 0 Å². The fourth-order valence-electron chi connectivity index (χ4n) is 4.12. The molecule has 3 atom stereocenters. The molecule has 3 fully saturated rings. The van der Waals surface area contributed by atoms with E-state index in [0.717, 1.165) is 44.7 Å². The second kappa shape index (κ2) is 6.73. The SMILES string of the molecule is CCNCC1CCCN(C2CCOC3(CCOC3)C2)C1. The summed E-state index contributed by atoms with van der Waals surface area (Å²) in [5.74, 6) is 0.835. The van der Waals surface area contributed by atoms with Crippen molar-refractivity contribution in [2.45, 2.75) is 50.7 Å². The first-order valence-corrected chi connectivity index (χ1v) is 8.48. The minimum atomic E-state index is 0.0531. The van der Waals surface area contributed by atoms with Gasteiger partial charge in [0.15, 0.2) is 0 Å². The summed E-state index contributed by atoms with van der Waals surface area (Å²) >= 11 is 0. The Morgan fingerprint density at radius 1 is 1.30 bits per heavy atom. The van der Waals surface area contributed by atoms with Crippen LogP contribution in [0.25, 0.3) is 0 Å². The van der Waals surface area contributed by atoms with Gasteiger partial charge in [0.25, 0.3) is 0 Å². The first-order chi connectivity index (χ1) is 9.81. The van der Waals surface area contributed by atoms with Crippen molar-refractivity contribution < 1.29 is 9.47 Å². The zero-order valence-corrected chi connectivity index (χ0v) is 12.9. The van der Waals surface area contributed by atoms with E-state index in [-0.39, 0.29) is 5.60 Å². The molecule has 3 saturated heterocycles. The van der Waals surface area contributed by atoms with E-state index in [1.165, 1.54) is 45.3 Å². The highest BCUT2D eigenvalue weighted by atomic mass is 16.6. The van der Waals surface area contributed by atoms with Crippen LogP contribution >= 0.6 is 0 Å². The van der Waals surface area contributed by atoms with E-state index in [9.17, 15) is 0 Å². The summed E-state index contributed by atoms with van der Waals surface area (Å²) < 4.78 is 11.7. The monoisotopic (exact) mass is 282 g/mol. The first-order valence-electron chi connectivity index (χ1n) is 8.48. The average Bonchev–Trinajstić information content (AvgIpc) is 2.93. The third-order valence-electron chi connectivity index (χ3n) is 5.28. The van der Waals surface area contributed by atoms with Crippen LogP contribution in [-0.2, 0) is 9.47 Å². The number of nitrogens with one attached hydrogen (secondary N) is 1. The van der Waals surface area contributed by atoms with E-state index in [0.29, 0.717) is 0 Å². The molecule has 3 unspecified atom stereocenters. The minimum Gasteiger partial charge on any atom is -0.378 e. The van der Waals surface area contributed by atoms with Gasteiger partial charge < -0.3 is 14.8 Å². The lowest BCUT2D eigenvalue weighted by molar-refractivity contribution is -0.110. The summed E-state index contributed by atoms with van der Waals surface area (Å²) in [4.78, 5) is 2.74. The lowest BCUT2D eigenvalue weighted by Crippen LogP contribution is -2.52. The Labute approximate surface area is 123 Å². The van der Waals surface area contributed by atoms with Gasteiger partial charge in [-0.25, -0.2) is 0 Å². The third kappa shape index (κ3) is 3.35. The maximum atomic E-state index is 6.08. The molecule has 3 rings (SSSR count). The number of hydrogen-bond acceptors (Lipinski definition) is 4. The second-order valence-electron chi connectivity index (χ2n) is 6.79. The highest BCUT2D eigenvalue weighted by Gasteiger charge is 2.43. The molecule has 20 heavy (non-hydrogen) atoms. The molecule has 0 aromatic rings. The minimum absolute atomic E-state index is 0.0531. The number of likely N-dealkylation sites (tertiary alicyclic amines) is 1. The molecule has 3 aliphatic heterocycles. The highest BCUT2D eigenvalue weighted by molar-refractivity contribution is 4.94. The summed E-state index contributed by atoms with van der Waals surface area (Å²) in [6, 6.07) is 0.717. The van der Waals surface area contributed by atoms with Gasteiger partial charge in [-0.2, -0.15) is 0 Å². The molecule has 0 aromatic carbocycles. The maximum Gasteiger partial charge on any atom is 0.0951 e. The standard InChI is InChI=1S/C16H30N2O2/c1-2-17-11-14-4-3-7-18(12-14)15-5-8-20-16(10-15)6-9-19-13-16/h14-15,17H,2-13H2,1H3. The molecular formula is C16H30N2O2. The molecule has 0 aliphatic carbocycles. The van der Waals surface area contributed by atoms with Crippen molar-refractivity contribution in [1.82, 2.24) is 10.2 Å². The van der Waals surface area contributed by atoms with Crippen LogP contribution in [0.15, 0.2) is 0 Å². The Balaban J connectivity index is 1.54. The topological polar surface area (TPSA) is 33.7 Å². The summed E-state index contributed by atoms with van der Waals surface area (Å²) in [5.41, 5.74) is 0.0531. The molecule has 3 aliphatic rings. The van der Waals surface area contributed by atoms with Crippen molar-refractivity contribution >= 4 is 0 Å². The summed E-state index contributed by atoms with van der Waals surface area (Å²) in [6.07, 6.45) is 6.23. The van der Waals surface area contributed by atoms with E-state index in [4.69, 9.17) is 9.47 Å². The summed E-state index contributed by atoms with van der Waals surface area (Å²) in [6.45, 7) is 9.65. The largest absolute Gasteiger partial charge is 0.378 e. The summed E-state index contributed by atoms with van der Waals surface area (Å²) in [7, 11) is 0. The van der Waals surface area contributed by atoms with Crippen LogP contribution in [-0.4, -0.2) is 62.5 Å². The molecule has 4 nitrogen and oxygen atoms in total. The van der Waals surface area contributed by atoms with E-state index in [2.05, 4.69) is 17.1 Å². The lowest BCUT2D eigenvalue weighted by Gasteiger charge is -2.45. The van der Waals surface area contributed by atoms with Crippen molar-refractivity contribution in [3.63, 3.8) is 0 Å². The number of piperidine rings is 1. The van der Waals surface area contributed by atoms with Gasteiger partial charge in [0, 0.05) is 32.2 Å². The van der Waals surface area contributed by atoms with Crippen molar-refractivity contribution in [1.29, 1.82) is 0 Å². The normalized spacial score (nSPS) is 39.5. The van der Waals surface area contributed by atoms with Gasteiger partial charge in [-0.15, -0.1) is 0 Å². The second-order valence-corrected chi connectivity index (χ2v) is 6.79. The maximum absolute atomic E-state index is 6.08. The van der Waals surface area contributed by atoms with Crippen molar-refractivity contribution in [2.24, 2.45) is 5.92 Å². The number of hydrogen-bond donors (Lipinski definition) is 1. The van der Waals surface area contributed by atoms with E-state index < -0.39 is 0 Å². The van der Waals surface area contributed by atoms with E-state index in [1.54, 1.807) is 0 Å². The number of rotatable bonds is 4. The number of nitrogens with zero attached hydrogens (tertiary/aromatic N) is 1. The van der Waals surface area contributed by atoms with Crippen LogP contribution in [0.4, 0.5) is 0 Å². The molecule has 116 valence electrons. The van der Waals surface area contributed by atoms with Gasteiger partial charge in [0.2, 0.25) is 0 Å². The predicted octanol–water partition coefficient (Wildman–Crippen LogP) is 1.65. The van der Waals surface area contributed by atoms with Gasteiger partial charge in [-0.3, -0.25) is 4.90 Å². The lowest BCUT2D eigenvalue weighted by atomic mass is 9.87. The van der Waals surface area contributed by atoms with Gasteiger partial charge in [0.05, 0.1) is 12.2 Å². The van der Waals surface area contributed by atoms with Crippen LogP contribution < -0.4 is 5.32 Å². The Bertz CT molecular complexity index is 305. The zero-order valence-electron chi connectivity index (χ0n) is 12.9. The molecule has 0 radical (unpaired) electrons. The van der Waals surface area contributed by atoms with Crippen LogP contribution in [0.2, 0.25) is 0 Å². The molecule has 1 spiro atoms. The molecule has 0 bridgehead atoms. The Morgan fingerprint density at radius 3 is 3.05 bits per heavy atom. The quantitative estimate of drug-likeness (QED) is 0.850. The number of ether oxygens (including phenoxy) is 2. The average molecular weight is 282 g/mol. The smallest absolute Gasteiger partial charge is 0.0951 e. The molecular weight excluding hydrogens is 252 g/mol. The van der Waals surface area contributed by atoms with Gasteiger partial charge in [-0.05, 0) is 51.2 Å². The molecule has 3 heterocycles. The zero-order chi connectivity index (χ0) is 13.8. The van der Waals surface area contributed by atoms with Gasteiger partial charge in [0.1, 0.15) is 0 Å². The fourth-order valence-corrected chi connectivity index (χ4v) is 4.12. The Hall–Kier alpha value is -0.160. The first kappa shape index (κ1) is 14.8. The van der Waals surface area contributed by atoms with E-state index >= 15 is 0 Å². The predicted molar refractivity (Wildman–Crippen MR) is 80.0 cm³/mol. The Kier molecular flexibility index (Phi) is 4.97. The van der Waals surface area contributed by atoms with Crippen molar-refractivity contribution in [2.75, 3.05) is 46.0 Å². The molecule has 1 N–H and O–H groups in total. The van der Waals surface area contributed by atoms with Crippen LogP contribution in [0.1, 0.15) is 39.0 Å². The summed E-state index contributed by atoms with van der Waals surface area (Å²) in [5, 5.41) is 3.52. The van der Waals surface area contributed by atoms with Gasteiger partial charge >= 0.3 is 0 Å². The van der Waals surface area contributed by atoms with Gasteiger partial charge in [-0.1, -0.05) is 6.92 Å². The van der Waals surface area contributed by atoms with Crippen molar-refractivity contribution in [3.8, 4) is 0 Å². The van der Waals surface area contributed by atoms with Crippen molar-refractivity contribution in [3.05, 3.63) is 0 Å². The molecule has 0 amide bonds. The third-order valence-corrected chi connectivity index (χ3v) is 5.28. The van der Waals surface area contributed by atoms with Crippen LogP contribution in [0, 0.1) is 5.92 Å². The van der Waals surface area contributed by atoms with Crippen LogP contribution in [0.3, 0.4) is 0 Å². The molecule has 0 aromatic heterocycles. The van der Waals surface area contributed by atoms with Crippen LogP contribution in [0.5, 0.6) is 0 Å².